The number of hydrogen-bond acceptors (Lipinski definition) is 5. The summed E-state index contributed by atoms with van der Waals surface area (Å²) < 4.78 is 0. The number of nitrogens with one attached hydrogen (secondary N) is 1. The minimum Gasteiger partial charge on any atom is -0.383 e. The zero-order valence-electron chi connectivity index (χ0n) is 10.7. The molecule has 2 rings (SSSR count). The Morgan fingerprint density at radius 2 is 2.00 bits per heavy atom. The van der Waals surface area contributed by atoms with Gasteiger partial charge in [-0.3, -0.25) is 0 Å². The van der Waals surface area contributed by atoms with E-state index >= 15 is 0 Å². The van der Waals surface area contributed by atoms with Crippen molar-refractivity contribution >= 4 is 17.3 Å². The van der Waals surface area contributed by atoms with Crippen LogP contribution in [0.5, 0.6) is 0 Å². The fourth-order valence-electron chi connectivity index (χ4n) is 1.79. The molecule has 2 aromatic rings. The first-order valence-electron chi connectivity index (χ1n) is 6.11. The minimum absolute atomic E-state index is 0.507. The van der Waals surface area contributed by atoms with E-state index in [1.54, 1.807) is 12.1 Å². The van der Waals surface area contributed by atoms with Gasteiger partial charge < -0.3 is 11.1 Å². The Kier molecular flexibility index (Phi) is 3.94. The van der Waals surface area contributed by atoms with E-state index in [9.17, 15) is 0 Å². The van der Waals surface area contributed by atoms with Gasteiger partial charge in [0.15, 0.2) is 0 Å². The Labute approximate surface area is 112 Å². The van der Waals surface area contributed by atoms with Crippen LogP contribution in [0.2, 0.25) is 0 Å². The average molecular weight is 253 g/mol. The third-order valence-corrected chi connectivity index (χ3v) is 2.76. The third kappa shape index (κ3) is 2.99. The number of aromatic nitrogens is 2. The molecule has 5 nitrogen and oxygen atoms in total. The Morgan fingerprint density at radius 1 is 1.26 bits per heavy atom. The maximum atomic E-state index is 8.76. The number of benzene rings is 1. The predicted molar refractivity (Wildman–Crippen MR) is 74.9 cm³/mol. The van der Waals surface area contributed by atoms with Crippen molar-refractivity contribution in [3.63, 3.8) is 0 Å². The standard InChI is InChI=1S/C14H15N5/c1-2-3-12-13(16)17-9-18-14(12)19-11-6-4-10(8-15)5-7-11/h4-7,9H,2-3H2,1H3,(H3,16,17,18,19). The van der Waals surface area contributed by atoms with Crippen LogP contribution in [-0.4, -0.2) is 9.97 Å². The summed E-state index contributed by atoms with van der Waals surface area (Å²) >= 11 is 0. The van der Waals surface area contributed by atoms with Crippen LogP contribution >= 0.6 is 0 Å². The number of hydrogen-bond donors (Lipinski definition) is 2. The zero-order valence-corrected chi connectivity index (χ0v) is 10.7. The molecule has 0 aliphatic carbocycles. The van der Waals surface area contributed by atoms with Gasteiger partial charge in [-0.25, -0.2) is 9.97 Å². The first-order chi connectivity index (χ1) is 9.24. The summed E-state index contributed by atoms with van der Waals surface area (Å²) in [5, 5.41) is 12.0. The van der Waals surface area contributed by atoms with E-state index < -0.39 is 0 Å². The Bertz CT molecular complexity index is 598. The van der Waals surface area contributed by atoms with E-state index in [2.05, 4.69) is 28.3 Å². The molecule has 19 heavy (non-hydrogen) atoms. The second kappa shape index (κ2) is 5.83. The van der Waals surface area contributed by atoms with Gasteiger partial charge in [-0.05, 0) is 30.7 Å². The van der Waals surface area contributed by atoms with Gasteiger partial charge in [0.05, 0.1) is 11.6 Å². The lowest BCUT2D eigenvalue weighted by Gasteiger charge is -2.11. The Hall–Kier alpha value is -2.61. The summed E-state index contributed by atoms with van der Waals surface area (Å²) in [6, 6.07) is 9.28. The monoisotopic (exact) mass is 253 g/mol. The molecule has 0 aliphatic heterocycles. The van der Waals surface area contributed by atoms with Gasteiger partial charge in [0, 0.05) is 11.3 Å². The molecular formula is C14H15N5. The molecule has 0 saturated heterocycles. The maximum Gasteiger partial charge on any atom is 0.139 e. The highest BCUT2D eigenvalue weighted by Gasteiger charge is 2.08. The fourth-order valence-corrected chi connectivity index (χ4v) is 1.79. The highest BCUT2D eigenvalue weighted by atomic mass is 15.0. The molecule has 5 heteroatoms. The van der Waals surface area contributed by atoms with Crippen LogP contribution in [0, 0.1) is 11.3 Å². The first kappa shape index (κ1) is 12.8. The smallest absolute Gasteiger partial charge is 0.139 e. The summed E-state index contributed by atoms with van der Waals surface area (Å²) in [6.45, 7) is 2.08. The normalized spacial score (nSPS) is 9.89. The van der Waals surface area contributed by atoms with Gasteiger partial charge in [0.2, 0.25) is 0 Å². The van der Waals surface area contributed by atoms with Crippen LogP contribution < -0.4 is 11.1 Å². The van der Waals surface area contributed by atoms with Gasteiger partial charge in [-0.15, -0.1) is 0 Å². The van der Waals surface area contributed by atoms with Crippen LogP contribution in [0.1, 0.15) is 24.5 Å². The van der Waals surface area contributed by atoms with Gasteiger partial charge >= 0.3 is 0 Å². The number of nitrogens with two attached hydrogens (primary N) is 1. The van der Waals surface area contributed by atoms with E-state index in [4.69, 9.17) is 11.0 Å². The van der Waals surface area contributed by atoms with Crippen molar-refractivity contribution in [3.8, 4) is 6.07 Å². The predicted octanol–water partition coefficient (Wildman–Crippen LogP) is 2.63. The van der Waals surface area contributed by atoms with Crippen molar-refractivity contribution in [1.29, 1.82) is 5.26 Å². The lowest BCUT2D eigenvalue weighted by Crippen LogP contribution is -2.05. The molecule has 0 unspecified atom stereocenters. The number of anilines is 3. The topological polar surface area (TPSA) is 87.6 Å². The second-order valence-electron chi connectivity index (χ2n) is 4.15. The lowest BCUT2D eigenvalue weighted by atomic mass is 10.1. The van der Waals surface area contributed by atoms with Crippen molar-refractivity contribution in [2.24, 2.45) is 0 Å². The maximum absolute atomic E-state index is 8.76. The summed E-state index contributed by atoms with van der Waals surface area (Å²) in [5.74, 6) is 1.23. The van der Waals surface area contributed by atoms with E-state index in [1.165, 1.54) is 6.33 Å². The molecule has 1 heterocycles. The van der Waals surface area contributed by atoms with Crippen LogP contribution in [0.25, 0.3) is 0 Å². The Balaban J connectivity index is 2.27. The lowest BCUT2D eigenvalue weighted by molar-refractivity contribution is 0.908. The summed E-state index contributed by atoms with van der Waals surface area (Å²) in [4.78, 5) is 8.24. The molecular weight excluding hydrogens is 238 g/mol. The van der Waals surface area contributed by atoms with Crippen molar-refractivity contribution in [2.75, 3.05) is 11.1 Å². The zero-order chi connectivity index (χ0) is 13.7. The molecule has 0 spiro atoms. The number of nitriles is 1. The van der Waals surface area contributed by atoms with Crippen LogP contribution in [0.3, 0.4) is 0 Å². The van der Waals surface area contributed by atoms with Crippen LogP contribution in [0.4, 0.5) is 17.3 Å². The van der Waals surface area contributed by atoms with E-state index in [1.807, 2.05) is 12.1 Å². The molecule has 0 saturated carbocycles. The van der Waals surface area contributed by atoms with Crippen LogP contribution in [0.15, 0.2) is 30.6 Å². The molecule has 1 aromatic heterocycles. The van der Waals surface area contributed by atoms with Crippen molar-refractivity contribution in [2.45, 2.75) is 19.8 Å². The molecule has 1 aromatic carbocycles. The van der Waals surface area contributed by atoms with Gasteiger partial charge in [0.25, 0.3) is 0 Å². The molecule has 96 valence electrons. The fraction of sp³-hybridized carbons (Fsp3) is 0.214. The third-order valence-electron chi connectivity index (χ3n) is 2.76. The molecule has 0 fully saturated rings. The highest BCUT2D eigenvalue weighted by Crippen LogP contribution is 2.23. The quantitative estimate of drug-likeness (QED) is 0.874. The van der Waals surface area contributed by atoms with Crippen molar-refractivity contribution in [3.05, 3.63) is 41.7 Å². The minimum atomic E-state index is 0.507. The average Bonchev–Trinajstić information content (AvgIpc) is 2.43. The molecule has 0 bridgehead atoms. The molecule has 0 radical (unpaired) electrons. The number of rotatable bonds is 4. The van der Waals surface area contributed by atoms with Crippen molar-refractivity contribution < 1.29 is 0 Å². The van der Waals surface area contributed by atoms with E-state index in [0.29, 0.717) is 11.4 Å². The van der Waals surface area contributed by atoms with E-state index in [-0.39, 0.29) is 0 Å². The number of nitrogens with zero attached hydrogens (tertiary/aromatic N) is 3. The van der Waals surface area contributed by atoms with Crippen LogP contribution in [-0.2, 0) is 6.42 Å². The number of nitrogen functional groups attached to an aromatic ring is 1. The van der Waals surface area contributed by atoms with Gasteiger partial charge in [-0.1, -0.05) is 13.3 Å². The van der Waals surface area contributed by atoms with Gasteiger partial charge in [0.1, 0.15) is 18.0 Å². The first-order valence-corrected chi connectivity index (χ1v) is 6.11. The van der Waals surface area contributed by atoms with E-state index in [0.717, 1.165) is 29.9 Å². The molecule has 0 atom stereocenters. The Morgan fingerprint density at radius 3 is 2.63 bits per heavy atom. The molecule has 0 amide bonds. The SMILES string of the molecule is CCCc1c(N)ncnc1Nc1ccc(C#N)cc1. The molecule has 3 N–H and O–H groups in total. The summed E-state index contributed by atoms with van der Waals surface area (Å²) in [6.07, 6.45) is 3.24. The summed E-state index contributed by atoms with van der Waals surface area (Å²) in [7, 11) is 0. The summed E-state index contributed by atoms with van der Waals surface area (Å²) in [5.41, 5.74) is 8.29. The highest BCUT2D eigenvalue weighted by molar-refractivity contribution is 5.64. The largest absolute Gasteiger partial charge is 0.383 e. The molecule has 0 aliphatic rings. The van der Waals surface area contributed by atoms with Crippen molar-refractivity contribution in [1.82, 2.24) is 9.97 Å². The van der Waals surface area contributed by atoms with Gasteiger partial charge in [-0.2, -0.15) is 5.26 Å². The second-order valence-corrected chi connectivity index (χ2v) is 4.15.